The number of piperidine rings is 1. The fourth-order valence-corrected chi connectivity index (χ4v) is 7.86. The number of aromatic amines is 1. The monoisotopic (exact) mass is 674 g/mol. The first-order chi connectivity index (χ1) is 23.8. The minimum absolute atomic E-state index is 0.0205. The molecule has 49 heavy (non-hydrogen) atoms. The molecule has 14 heteroatoms. The maximum Gasteiger partial charge on any atom is 0.319 e. The Kier molecular flexibility index (Phi) is 8.22. The molecule has 0 spiro atoms. The molecule has 3 fully saturated rings. The number of anilines is 1. The van der Waals surface area contributed by atoms with Gasteiger partial charge in [-0.25, -0.2) is 18.2 Å². The molecular weight excluding hydrogens is 637 g/mol. The number of methoxy groups -OCH3 is 1. The lowest BCUT2D eigenvalue weighted by atomic mass is 9.95. The normalized spacial score (nSPS) is 19.2. The Labute approximate surface area is 280 Å². The quantitative estimate of drug-likeness (QED) is 0.185. The SMILES string of the molecule is COCOc1cc(-c2ncc3c(N4CCCC(c5n[nH]c(C)n5)C4)nc(OCC45CCCN4CCC5)nc3c2F)c2c(F)c(F)ccc2c1. The van der Waals surface area contributed by atoms with Crippen LogP contribution in [0.3, 0.4) is 0 Å². The molecule has 3 aliphatic heterocycles. The molecule has 0 amide bonds. The lowest BCUT2D eigenvalue weighted by Crippen LogP contribution is -2.43. The summed E-state index contributed by atoms with van der Waals surface area (Å²) >= 11 is 0. The van der Waals surface area contributed by atoms with Crippen LogP contribution >= 0.6 is 0 Å². The Morgan fingerprint density at radius 1 is 0.980 bits per heavy atom. The van der Waals surface area contributed by atoms with E-state index in [2.05, 4.69) is 34.9 Å². The van der Waals surface area contributed by atoms with E-state index in [-0.39, 0.29) is 52.2 Å². The highest BCUT2D eigenvalue weighted by atomic mass is 19.2. The first-order valence-electron chi connectivity index (χ1n) is 16.8. The smallest absolute Gasteiger partial charge is 0.319 e. The van der Waals surface area contributed by atoms with Crippen LogP contribution in [-0.2, 0) is 4.74 Å². The van der Waals surface area contributed by atoms with Crippen molar-refractivity contribution < 1.29 is 27.4 Å². The molecule has 1 atom stereocenters. The molecule has 8 rings (SSSR count). The fraction of sp³-hybridized carbons (Fsp3) is 0.457. The number of aryl methyl sites for hydroxylation is 1. The standard InChI is InChI=1S/C35H37F3N8O3/c1-20-40-32(44-43-20)22-6-3-11-45(17-22)33-25-16-39-30(24-15-23(49-19-47-2)14-21-7-8-26(36)28(37)27(21)24)29(38)31(25)41-34(42-33)48-18-35-9-4-12-46(35)13-5-10-35/h7-8,14-16,22H,3-6,9-13,17-19H2,1-2H3,(H,40,43,44). The summed E-state index contributed by atoms with van der Waals surface area (Å²) in [5.41, 5.74) is -0.290. The molecule has 2 aromatic carbocycles. The summed E-state index contributed by atoms with van der Waals surface area (Å²) < 4.78 is 64.0. The lowest BCUT2D eigenvalue weighted by molar-refractivity contribution is 0.0512. The maximum absolute atomic E-state index is 17.0. The Morgan fingerprint density at radius 3 is 2.59 bits per heavy atom. The highest BCUT2D eigenvalue weighted by Gasteiger charge is 2.45. The third kappa shape index (κ3) is 5.70. The zero-order valence-corrected chi connectivity index (χ0v) is 27.4. The highest BCUT2D eigenvalue weighted by molar-refractivity contribution is 6.00. The Morgan fingerprint density at radius 2 is 1.82 bits per heavy atom. The van der Waals surface area contributed by atoms with Gasteiger partial charge in [0.05, 0.1) is 10.9 Å². The van der Waals surface area contributed by atoms with Gasteiger partial charge >= 0.3 is 6.01 Å². The van der Waals surface area contributed by atoms with Gasteiger partial charge in [-0.1, -0.05) is 6.07 Å². The highest BCUT2D eigenvalue weighted by Crippen LogP contribution is 2.41. The van der Waals surface area contributed by atoms with E-state index < -0.39 is 17.5 Å². The number of benzene rings is 2. The minimum atomic E-state index is -1.11. The largest absolute Gasteiger partial charge is 0.468 e. The van der Waals surface area contributed by atoms with Crippen molar-refractivity contribution in [3.8, 4) is 23.0 Å². The van der Waals surface area contributed by atoms with Gasteiger partial charge < -0.3 is 19.1 Å². The molecule has 6 heterocycles. The molecule has 3 aliphatic rings. The summed E-state index contributed by atoms with van der Waals surface area (Å²) in [5.74, 6) is -0.715. The van der Waals surface area contributed by atoms with Crippen molar-refractivity contribution in [3.05, 3.63) is 59.6 Å². The van der Waals surface area contributed by atoms with Gasteiger partial charge in [-0.15, -0.1) is 0 Å². The number of pyridine rings is 1. The molecule has 3 saturated heterocycles. The molecule has 1 unspecified atom stereocenters. The molecule has 3 aromatic heterocycles. The van der Waals surface area contributed by atoms with Gasteiger partial charge in [-0.3, -0.25) is 15.0 Å². The van der Waals surface area contributed by atoms with Gasteiger partial charge in [-0.05, 0) is 82.1 Å². The van der Waals surface area contributed by atoms with Crippen LogP contribution < -0.4 is 14.4 Å². The number of hydrogen-bond acceptors (Lipinski definition) is 10. The Bertz CT molecular complexity index is 2030. The van der Waals surface area contributed by atoms with Gasteiger partial charge in [0.15, 0.2) is 30.1 Å². The molecule has 0 saturated carbocycles. The summed E-state index contributed by atoms with van der Waals surface area (Å²) in [6.45, 7) is 5.45. The lowest BCUT2D eigenvalue weighted by Gasteiger charge is -2.33. The number of hydrogen-bond donors (Lipinski definition) is 1. The van der Waals surface area contributed by atoms with E-state index in [9.17, 15) is 4.39 Å². The van der Waals surface area contributed by atoms with Crippen LogP contribution in [0.4, 0.5) is 19.0 Å². The van der Waals surface area contributed by atoms with Crippen LogP contribution in [-0.4, -0.2) is 87.3 Å². The van der Waals surface area contributed by atoms with Crippen molar-refractivity contribution >= 4 is 27.5 Å². The van der Waals surface area contributed by atoms with Crippen molar-refractivity contribution in [1.82, 2.24) is 35.0 Å². The zero-order chi connectivity index (χ0) is 33.7. The van der Waals surface area contributed by atoms with E-state index in [0.717, 1.165) is 69.3 Å². The molecular formula is C35H37F3N8O3. The summed E-state index contributed by atoms with van der Waals surface area (Å²) in [6.07, 6.45) is 7.49. The molecule has 0 aliphatic carbocycles. The summed E-state index contributed by atoms with van der Waals surface area (Å²) in [4.78, 5) is 23.1. The minimum Gasteiger partial charge on any atom is -0.468 e. The second kappa shape index (κ2) is 12.7. The number of H-pyrrole nitrogens is 1. The molecule has 1 N–H and O–H groups in total. The molecule has 11 nitrogen and oxygen atoms in total. The number of aromatic nitrogens is 6. The van der Waals surface area contributed by atoms with Crippen LogP contribution in [0.2, 0.25) is 0 Å². The van der Waals surface area contributed by atoms with Crippen molar-refractivity contribution in [2.24, 2.45) is 0 Å². The first-order valence-corrected chi connectivity index (χ1v) is 16.8. The van der Waals surface area contributed by atoms with Crippen LogP contribution in [0.15, 0.2) is 30.5 Å². The van der Waals surface area contributed by atoms with E-state index in [1.165, 1.54) is 25.4 Å². The maximum atomic E-state index is 17.0. The van der Waals surface area contributed by atoms with Gasteiger partial charge in [0, 0.05) is 43.3 Å². The van der Waals surface area contributed by atoms with Gasteiger partial charge in [-0.2, -0.15) is 15.1 Å². The number of nitrogens with zero attached hydrogens (tertiary/aromatic N) is 7. The topological polar surface area (TPSA) is 114 Å². The number of rotatable bonds is 9. The van der Waals surface area contributed by atoms with Crippen molar-refractivity contribution in [2.45, 2.75) is 56.9 Å². The number of fused-ring (bicyclic) bond motifs is 3. The third-order valence-corrected chi connectivity index (χ3v) is 10.2. The van der Waals surface area contributed by atoms with Crippen LogP contribution in [0.25, 0.3) is 32.9 Å². The molecule has 256 valence electrons. The molecule has 5 aromatic rings. The third-order valence-electron chi connectivity index (χ3n) is 10.2. The van der Waals surface area contributed by atoms with Crippen molar-refractivity contribution in [3.63, 3.8) is 0 Å². The summed E-state index contributed by atoms with van der Waals surface area (Å²) in [7, 11) is 1.46. The second-order valence-corrected chi connectivity index (χ2v) is 13.3. The van der Waals surface area contributed by atoms with E-state index in [1.807, 2.05) is 6.92 Å². The van der Waals surface area contributed by atoms with Crippen LogP contribution in [0.1, 0.15) is 56.1 Å². The Balaban J connectivity index is 1.26. The van der Waals surface area contributed by atoms with Crippen LogP contribution in [0.5, 0.6) is 11.8 Å². The molecule has 0 radical (unpaired) electrons. The van der Waals surface area contributed by atoms with Crippen molar-refractivity contribution in [2.75, 3.05) is 51.6 Å². The van der Waals surface area contributed by atoms with Crippen molar-refractivity contribution in [1.29, 1.82) is 0 Å². The van der Waals surface area contributed by atoms with Gasteiger partial charge in [0.1, 0.15) is 35.2 Å². The van der Waals surface area contributed by atoms with Crippen LogP contribution in [0, 0.1) is 24.4 Å². The van der Waals surface area contributed by atoms with E-state index >= 15 is 8.78 Å². The summed E-state index contributed by atoms with van der Waals surface area (Å²) in [5, 5.41) is 7.90. The average Bonchev–Trinajstić information content (AvgIpc) is 3.84. The predicted octanol–water partition coefficient (Wildman–Crippen LogP) is 6.06. The number of nitrogens with one attached hydrogen (secondary N) is 1. The van der Waals surface area contributed by atoms with E-state index in [0.29, 0.717) is 36.3 Å². The molecule has 0 bridgehead atoms. The predicted molar refractivity (Wildman–Crippen MR) is 176 cm³/mol. The van der Waals surface area contributed by atoms with Gasteiger partial charge in [0.25, 0.3) is 0 Å². The number of ether oxygens (including phenoxy) is 3. The average molecular weight is 675 g/mol. The Hall–Kier alpha value is -4.56. The first kappa shape index (κ1) is 31.7. The zero-order valence-electron chi connectivity index (χ0n) is 27.4. The summed E-state index contributed by atoms with van der Waals surface area (Å²) in [6, 6.07) is 5.47. The van der Waals surface area contributed by atoms with Gasteiger partial charge in [0.2, 0.25) is 0 Å². The fourth-order valence-electron chi connectivity index (χ4n) is 7.86. The number of halogens is 3. The van der Waals surface area contributed by atoms with E-state index in [4.69, 9.17) is 19.2 Å². The van der Waals surface area contributed by atoms with E-state index in [1.54, 1.807) is 6.07 Å². The second-order valence-electron chi connectivity index (χ2n) is 13.3.